The molecule has 1 aliphatic carbocycles. The number of anilines is 1. The Morgan fingerprint density at radius 1 is 1.58 bits per heavy atom. The standard InChI is InChI=1S/C11H15N7O/c12-9(16-19)3-5-18(8-1-2-8)10-11-15-14-7-17(11)6-4-13-10/h4,6-8,19H,1-3,5H2,(H2,12,16). The highest BCUT2D eigenvalue weighted by atomic mass is 16.4. The second-order valence-corrected chi connectivity index (χ2v) is 4.58. The van der Waals surface area contributed by atoms with Crippen molar-refractivity contribution in [1.82, 2.24) is 19.6 Å². The topological polar surface area (TPSA) is 105 Å². The molecule has 0 amide bonds. The second kappa shape index (κ2) is 4.71. The third-order valence-electron chi connectivity index (χ3n) is 3.19. The first-order valence-electron chi connectivity index (χ1n) is 6.17. The minimum atomic E-state index is 0.221. The molecule has 2 aromatic heterocycles. The van der Waals surface area contributed by atoms with Crippen molar-refractivity contribution in [3.8, 4) is 0 Å². The highest BCUT2D eigenvalue weighted by Gasteiger charge is 2.31. The molecule has 0 radical (unpaired) electrons. The largest absolute Gasteiger partial charge is 0.409 e. The molecule has 0 bridgehead atoms. The first-order chi connectivity index (χ1) is 9.29. The molecule has 3 rings (SSSR count). The average Bonchev–Trinajstić information content (AvgIpc) is 3.15. The maximum Gasteiger partial charge on any atom is 0.203 e. The van der Waals surface area contributed by atoms with Crippen LogP contribution >= 0.6 is 0 Å². The molecule has 0 atom stereocenters. The molecule has 0 aliphatic heterocycles. The van der Waals surface area contributed by atoms with Crippen molar-refractivity contribution >= 4 is 17.3 Å². The van der Waals surface area contributed by atoms with E-state index in [2.05, 4.69) is 25.2 Å². The van der Waals surface area contributed by atoms with Crippen molar-refractivity contribution in [3.63, 3.8) is 0 Å². The lowest BCUT2D eigenvalue weighted by molar-refractivity contribution is 0.317. The van der Waals surface area contributed by atoms with Gasteiger partial charge in [0.2, 0.25) is 5.65 Å². The van der Waals surface area contributed by atoms with Gasteiger partial charge in [-0.15, -0.1) is 10.2 Å². The Labute approximate surface area is 109 Å². The molecule has 0 unspecified atom stereocenters. The molecule has 1 saturated carbocycles. The highest BCUT2D eigenvalue weighted by Crippen LogP contribution is 2.32. The van der Waals surface area contributed by atoms with E-state index in [-0.39, 0.29) is 5.84 Å². The number of aromatic nitrogens is 4. The summed E-state index contributed by atoms with van der Waals surface area (Å²) in [6.45, 7) is 0.653. The van der Waals surface area contributed by atoms with Gasteiger partial charge in [-0.05, 0) is 12.8 Å². The lowest BCUT2D eigenvalue weighted by Gasteiger charge is -2.23. The van der Waals surface area contributed by atoms with Gasteiger partial charge in [0.05, 0.1) is 0 Å². The summed E-state index contributed by atoms with van der Waals surface area (Å²) in [5, 5.41) is 19.6. The van der Waals surface area contributed by atoms with Crippen molar-refractivity contribution < 1.29 is 5.21 Å². The normalized spacial score (nSPS) is 15.9. The van der Waals surface area contributed by atoms with Gasteiger partial charge in [0.1, 0.15) is 12.2 Å². The monoisotopic (exact) mass is 261 g/mol. The Morgan fingerprint density at radius 2 is 2.42 bits per heavy atom. The van der Waals surface area contributed by atoms with Crippen LogP contribution in [0.5, 0.6) is 0 Å². The molecule has 0 saturated heterocycles. The van der Waals surface area contributed by atoms with E-state index in [4.69, 9.17) is 10.9 Å². The van der Waals surface area contributed by atoms with Gasteiger partial charge in [-0.3, -0.25) is 4.40 Å². The highest BCUT2D eigenvalue weighted by molar-refractivity contribution is 5.80. The molecule has 1 aliphatic rings. The summed E-state index contributed by atoms with van der Waals surface area (Å²) >= 11 is 0. The number of nitrogens with two attached hydrogens (primary N) is 1. The molecule has 19 heavy (non-hydrogen) atoms. The molecular formula is C11H15N7O. The fourth-order valence-electron chi connectivity index (χ4n) is 2.08. The summed E-state index contributed by atoms with van der Waals surface area (Å²) in [5.41, 5.74) is 6.26. The van der Waals surface area contributed by atoms with E-state index in [0.717, 1.165) is 24.3 Å². The molecule has 2 aromatic rings. The van der Waals surface area contributed by atoms with Gasteiger partial charge >= 0.3 is 0 Å². The average molecular weight is 261 g/mol. The second-order valence-electron chi connectivity index (χ2n) is 4.58. The van der Waals surface area contributed by atoms with E-state index >= 15 is 0 Å². The van der Waals surface area contributed by atoms with Gasteiger partial charge in [-0.2, -0.15) is 0 Å². The zero-order valence-corrected chi connectivity index (χ0v) is 10.3. The minimum Gasteiger partial charge on any atom is -0.409 e. The van der Waals surface area contributed by atoms with Crippen molar-refractivity contribution in [3.05, 3.63) is 18.7 Å². The quantitative estimate of drug-likeness (QED) is 0.345. The molecule has 8 heteroatoms. The van der Waals surface area contributed by atoms with Crippen LogP contribution in [0.15, 0.2) is 23.9 Å². The first-order valence-corrected chi connectivity index (χ1v) is 6.17. The van der Waals surface area contributed by atoms with E-state index in [1.165, 1.54) is 0 Å². The minimum absolute atomic E-state index is 0.221. The molecule has 0 spiro atoms. The van der Waals surface area contributed by atoms with Crippen LogP contribution in [-0.4, -0.2) is 43.2 Å². The van der Waals surface area contributed by atoms with Crippen LogP contribution in [0.1, 0.15) is 19.3 Å². The predicted octanol–water partition coefficient (Wildman–Crippen LogP) is 0.230. The zero-order chi connectivity index (χ0) is 13.2. The molecular weight excluding hydrogens is 246 g/mol. The van der Waals surface area contributed by atoms with Gasteiger partial charge in [0.15, 0.2) is 5.82 Å². The van der Waals surface area contributed by atoms with Crippen molar-refractivity contribution in [2.45, 2.75) is 25.3 Å². The first kappa shape index (κ1) is 11.7. The van der Waals surface area contributed by atoms with Crippen LogP contribution in [-0.2, 0) is 0 Å². The Balaban J connectivity index is 1.89. The molecule has 2 heterocycles. The molecule has 3 N–H and O–H groups in total. The third kappa shape index (κ3) is 2.28. The molecule has 8 nitrogen and oxygen atoms in total. The van der Waals surface area contributed by atoms with E-state index in [1.807, 2.05) is 10.6 Å². The van der Waals surface area contributed by atoms with E-state index in [0.29, 0.717) is 19.0 Å². The molecule has 0 aromatic carbocycles. The lowest BCUT2D eigenvalue weighted by Crippen LogP contribution is -2.31. The van der Waals surface area contributed by atoms with Crippen LogP contribution in [0.4, 0.5) is 5.82 Å². The number of rotatable bonds is 5. The number of fused-ring (bicyclic) bond motifs is 1. The number of hydrogen-bond acceptors (Lipinski definition) is 6. The fraction of sp³-hybridized carbons (Fsp3) is 0.455. The van der Waals surface area contributed by atoms with Crippen molar-refractivity contribution in [1.29, 1.82) is 0 Å². The van der Waals surface area contributed by atoms with Crippen LogP contribution in [0.2, 0.25) is 0 Å². The predicted molar refractivity (Wildman–Crippen MR) is 69.2 cm³/mol. The summed E-state index contributed by atoms with van der Waals surface area (Å²) in [6, 6.07) is 0.460. The Bertz CT molecular complexity index is 604. The summed E-state index contributed by atoms with van der Waals surface area (Å²) in [6.07, 6.45) is 7.94. The summed E-state index contributed by atoms with van der Waals surface area (Å²) in [4.78, 5) is 6.56. The number of hydrogen-bond donors (Lipinski definition) is 2. The van der Waals surface area contributed by atoms with Crippen LogP contribution in [0.25, 0.3) is 5.65 Å². The Kier molecular flexibility index (Phi) is 2.90. The summed E-state index contributed by atoms with van der Waals surface area (Å²) in [5.74, 6) is 1.02. The number of nitrogens with zero attached hydrogens (tertiary/aromatic N) is 6. The number of amidine groups is 1. The van der Waals surface area contributed by atoms with Crippen molar-refractivity contribution in [2.24, 2.45) is 10.9 Å². The van der Waals surface area contributed by atoms with E-state index < -0.39 is 0 Å². The maximum atomic E-state index is 8.61. The number of oxime groups is 1. The van der Waals surface area contributed by atoms with Gasteiger partial charge in [-0.1, -0.05) is 5.16 Å². The van der Waals surface area contributed by atoms with Gasteiger partial charge in [0.25, 0.3) is 0 Å². The van der Waals surface area contributed by atoms with Crippen molar-refractivity contribution in [2.75, 3.05) is 11.4 Å². The van der Waals surface area contributed by atoms with Crippen LogP contribution in [0.3, 0.4) is 0 Å². The SMILES string of the molecule is NC(CCN(c1nccn2cnnc12)C1CC1)=NO. The summed E-state index contributed by atoms with van der Waals surface area (Å²) < 4.78 is 1.83. The van der Waals surface area contributed by atoms with Crippen LogP contribution < -0.4 is 10.6 Å². The lowest BCUT2D eigenvalue weighted by atomic mass is 10.3. The van der Waals surface area contributed by atoms with Gasteiger partial charge in [0, 0.05) is 31.4 Å². The van der Waals surface area contributed by atoms with E-state index in [9.17, 15) is 0 Å². The third-order valence-corrected chi connectivity index (χ3v) is 3.19. The smallest absolute Gasteiger partial charge is 0.203 e. The fourth-order valence-corrected chi connectivity index (χ4v) is 2.08. The van der Waals surface area contributed by atoms with Gasteiger partial charge < -0.3 is 15.8 Å². The molecule has 1 fully saturated rings. The Hall–Kier alpha value is -2.38. The van der Waals surface area contributed by atoms with Crippen LogP contribution in [0, 0.1) is 0 Å². The molecule has 100 valence electrons. The zero-order valence-electron chi connectivity index (χ0n) is 10.3. The van der Waals surface area contributed by atoms with Gasteiger partial charge in [-0.25, -0.2) is 4.98 Å². The van der Waals surface area contributed by atoms with E-state index in [1.54, 1.807) is 12.5 Å². The maximum absolute atomic E-state index is 8.61. The Morgan fingerprint density at radius 3 is 3.16 bits per heavy atom. The summed E-state index contributed by atoms with van der Waals surface area (Å²) in [7, 11) is 0.